The molecule has 0 saturated heterocycles. The summed E-state index contributed by atoms with van der Waals surface area (Å²) >= 11 is 0. The van der Waals surface area contributed by atoms with Crippen LogP contribution < -0.4 is 5.32 Å². The quantitative estimate of drug-likeness (QED) is 0.913. The van der Waals surface area contributed by atoms with Crippen LogP contribution in [0.25, 0.3) is 0 Å². The standard InChI is InChI=1S/C18H19NO2/c20-17-12-15(18-7-4-10-21-18)11-16(13-17)19-9-8-14-5-2-1-3-6-14/h1-7,10,13,15,19H,8-9,11-12H2/t15-/m0/s1. The van der Waals surface area contributed by atoms with E-state index in [9.17, 15) is 4.79 Å². The average molecular weight is 281 g/mol. The Morgan fingerprint density at radius 3 is 2.71 bits per heavy atom. The molecule has 108 valence electrons. The lowest BCUT2D eigenvalue weighted by Crippen LogP contribution is -2.23. The first kappa shape index (κ1) is 13.7. The lowest BCUT2D eigenvalue weighted by Gasteiger charge is -2.21. The van der Waals surface area contributed by atoms with Gasteiger partial charge in [0.1, 0.15) is 5.76 Å². The molecule has 0 aliphatic heterocycles. The maximum Gasteiger partial charge on any atom is 0.158 e. The molecule has 1 heterocycles. The molecule has 3 heteroatoms. The predicted molar refractivity (Wildman–Crippen MR) is 81.9 cm³/mol. The van der Waals surface area contributed by atoms with Crippen LogP contribution in [0.4, 0.5) is 0 Å². The van der Waals surface area contributed by atoms with Gasteiger partial charge in [-0.3, -0.25) is 4.79 Å². The normalized spacial score (nSPS) is 18.4. The Labute approximate surface area is 124 Å². The molecule has 0 unspecified atom stereocenters. The summed E-state index contributed by atoms with van der Waals surface area (Å²) in [6.45, 7) is 0.841. The third kappa shape index (κ3) is 3.63. The van der Waals surface area contributed by atoms with Gasteiger partial charge in [0.2, 0.25) is 0 Å². The highest BCUT2D eigenvalue weighted by Crippen LogP contribution is 2.30. The van der Waals surface area contributed by atoms with Crippen LogP contribution in [0.5, 0.6) is 0 Å². The molecule has 1 aromatic heterocycles. The summed E-state index contributed by atoms with van der Waals surface area (Å²) in [6, 6.07) is 14.2. The van der Waals surface area contributed by atoms with Crippen molar-refractivity contribution in [3.63, 3.8) is 0 Å². The van der Waals surface area contributed by atoms with Gasteiger partial charge in [0.25, 0.3) is 0 Å². The van der Waals surface area contributed by atoms with Crippen LogP contribution >= 0.6 is 0 Å². The van der Waals surface area contributed by atoms with E-state index in [2.05, 4.69) is 17.4 Å². The zero-order chi connectivity index (χ0) is 14.5. The number of rotatable bonds is 5. The molecular weight excluding hydrogens is 262 g/mol. The van der Waals surface area contributed by atoms with E-state index < -0.39 is 0 Å². The molecule has 2 aromatic rings. The molecule has 1 aromatic carbocycles. The zero-order valence-corrected chi connectivity index (χ0v) is 11.9. The molecule has 0 spiro atoms. The second-order valence-corrected chi connectivity index (χ2v) is 5.42. The van der Waals surface area contributed by atoms with Crippen LogP contribution in [0.2, 0.25) is 0 Å². The summed E-state index contributed by atoms with van der Waals surface area (Å²) in [5.41, 5.74) is 2.32. The Kier molecular flexibility index (Phi) is 4.20. The molecular formula is C18H19NO2. The van der Waals surface area contributed by atoms with E-state index in [0.29, 0.717) is 6.42 Å². The van der Waals surface area contributed by atoms with Crippen molar-refractivity contribution in [1.29, 1.82) is 0 Å². The molecule has 1 atom stereocenters. The van der Waals surface area contributed by atoms with Gasteiger partial charge in [-0.1, -0.05) is 30.3 Å². The fourth-order valence-electron chi connectivity index (χ4n) is 2.75. The monoisotopic (exact) mass is 281 g/mol. The first-order chi connectivity index (χ1) is 10.3. The lowest BCUT2D eigenvalue weighted by molar-refractivity contribution is -0.115. The number of carbonyl (C=O) groups excluding carboxylic acids is 1. The van der Waals surface area contributed by atoms with Crippen LogP contribution in [-0.2, 0) is 11.2 Å². The van der Waals surface area contributed by atoms with Gasteiger partial charge in [-0.25, -0.2) is 0 Å². The van der Waals surface area contributed by atoms with Crippen molar-refractivity contribution in [3.8, 4) is 0 Å². The van der Waals surface area contributed by atoms with Crippen molar-refractivity contribution >= 4 is 5.78 Å². The van der Waals surface area contributed by atoms with Gasteiger partial charge >= 0.3 is 0 Å². The number of ketones is 1. The Morgan fingerprint density at radius 1 is 1.10 bits per heavy atom. The van der Waals surface area contributed by atoms with Crippen molar-refractivity contribution < 1.29 is 9.21 Å². The minimum atomic E-state index is 0.164. The first-order valence-electron chi connectivity index (χ1n) is 7.36. The second-order valence-electron chi connectivity index (χ2n) is 5.42. The molecule has 1 N–H and O–H groups in total. The maximum atomic E-state index is 11.9. The summed E-state index contributed by atoms with van der Waals surface area (Å²) in [6.07, 6.45) is 5.74. The zero-order valence-electron chi connectivity index (χ0n) is 11.9. The number of furan rings is 1. The second kappa shape index (κ2) is 6.44. The smallest absolute Gasteiger partial charge is 0.158 e. The van der Waals surface area contributed by atoms with Crippen molar-refractivity contribution in [2.45, 2.75) is 25.2 Å². The van der Waals surface area contributed by atoms with Crippen molar-refractivity contribution in [2.75, 3.05) is 6.54 Å². The highest BCUT2D eigenvalue weighted by molar-refractivity contribution is 5.91. The fourth-order valence-corrected chi connectivity index (χ4v) is 2.75. The summed E-state index contributed by atoms with van der Waals surface area (Å²) in [7, 11) is 0. The Bertz CT molecular complexity index is 614. The van der Waals surface area contributed by atoms with Crippen molar-refractivity contribution in [3.05, 3.63) is 71.8 Å². The first-order valence-corrected chi connectivity index (χ1v) is 7.36. The van der Waals surface area contributed by atoms with Gasteiger partial charge in [-0.2, -0.15) is 0 Å². The minimum Gasteiger partial charge on any atom is -0.469 e. The molecule has 1 aliphatic rings. The third-order valence-electron chi connectivity index (χ3n) is 3.80. The SMILES string of the molecule is O=C1C=C(NCCc2ccccc2)C[C@H](c2ccco2)C1. The van der Waals surface area contributed by atoms with Crippen molar-refractivity contribution in [2.24, 2.45) is 0 Å². The molecule has 1 aliphatic carbocycles. The highest BCUT2D eigenvalue weighted by Gasteiger charge is 2.23. The highest BCUT2D eigenvalue weighted by atomic mass is 16.3. The number of allylic oxidation sites excluding steroid dienone is 2. The Balaban J connectivity index is 1.56. The molecule has 3 rings (SSSR count). The van der Waals surface area contributed by atoms with E-state index in [1.54, 1.807) is 12.3 Å². The van der Waals surface area contributed by atoms with Crippen LogP contribution in [0.1, 0.15) is 30.1 Å². The van der Waals surface area contributed by atoms with Crippen LogP contribution in [-0.4, -0.2) is 12.3 Å². The number of hydrogen-bond acceptors (Lipinski definition) is 3. The molecule has 3 nitrogen and oxygen atoms in total. The fraction of sp³-hybridized carbons (Fsp3) is 0.278. The lowest BCUT2D eigenvalue weighted by atomic mass is 9.89. The summed E-state index contributed by atoms with van der Waals surface area (Å²) < 4.78 is 5.44. The van der Waals surface area contributed by atoms with Gasteiger partial charge in [0.15, 0.2) is 5.78 Å². The molecule has 0 saturated carbocycles. The third-order valence-corrected chi connectivity index (χ3v) is 3.80. The van der Waals surface area contributed by atoms with Gasteiger partial charge in [0, 0.05) is 30.7 Å². The number of benzene rings is 1. The van der Waals surface area contributed by atoms with E-state index in [-0.39, 0.29) is 11.7 Å². The summed E-state index contributed by atoms with van der Waals surface area (Å²) in [4.78, 5) is 11.9. The van der Waals surface area contributed by atoms with E-state index in [1.807, 2.05) is 30.3 Å². The van der Waals surface area contributed by atoms with Crippen molar-refractivity contribution in [1.82, 2.24) is 5.32 Å². The average Bonchev–Trinajstić information content (AvgIpc) is 3.02. The van der Waals surface area contributed by atoms with Gasteiger partial charge in [-0.05, 0) is 30.5 Å². The summed E-state index contributed by atoms with van der Waals surface area (Å²) in [5.74, 6) is 1.24. The van der Waals surface area contributed by atoms with Crippen LogP contribution in [0.3, 0.4) is 0 Å². The minimum absolute atomic E-state index is 0.164. The van der Waals surface area contributed by atoms with E-state index in [4.69, 9.17) is 4.42 Å². The molecule has 0 radical (unpaired) electrons. The molecule has 0 fully saturated rings. The number of nitrogens with one attached hydrogen (secondary N) is 1. The summed E-state index contributed by atoms with van der Waals surface area (Å²) in [5, 5.41) is 3.39. The van der Waals surface area contributed by atoms with Gasteiger partial charge in [-0.15, -0.1) is 0 Å². The van der Waals surface area contributed by atoms with Crippen LogP contribution in [0, 0.1) is 0 Å². The maximum absolute atomic E-state index is 11.9. The number of hydrogen-bond donors (Lipinski definition) is 1. The number of carbonyl (C=O) groups is 1. The van der Waals surface area contributed by atoms with E-state index in [0.717, 1.165) is 30.8 Å². The molecule has 0 bridgehead atoms. The molecule has 21 heavy (non-hydrogen) atoms. The largest absolute Gasteiger partial charge is 0.469 e. The Hall–Kier alpha value is -2.29. The van der Waals surface area contributed by atoms with Crippen LogP contribution in [0.15, 0.2) is 64.9 Å². The Morgan fingerprint density at radius 2 is 1.95 bits per heavy atom. The van der Waals surface area contributed by atoms with E-state index >= 15 is 0 Å². The van der Waals surface area contributed by atoms with E-state index in [1.165, 1.54) is 5.56 Å². The molecule has 0 amide bonds. The van der Waals surface area contributed by atoms with Gasteiger partial charge < -0.3 is 9.73 Å². The van der Waals surface area contributed by atoms with Gasteiger partial charge in [0.05, 0.1) is 6.26 Å². The predicted octanol–water partition coefficient (Wildman–Crippen LogP) is 3.44. The topological polar surface area (TPSA) is 42.2 Å².